The molecule has 0 atom stereocenters. The van der Waals surface area contributed by atoms with E-state index in [2.05, 4.69) is 15.3 Å². The molecule has 0 aliphatic rings. The number of para-hydroxylation sites is 1. The van der Waals surface area contributed by atoms with Gasteiger partial charge in [0.1, 0.15) is 11.6 Å². The van der Waals surface area contributed by atoms with E-state index in [4.69, 9.17) is 0 Å². The van der Waals surface area contributed by atoms with E-state index in [0.717, 1.165) is 22.2 Å². The number of hydrogen-bond donors (Lipinski definition) is 1. The lowest BCUT2D eigenvalue weighted by Crippen LogP contribution is -1.99. The van der Waals surface area contributed by atoms with Gasteiger partial charge in [0, 0.05) is 16.6 Å². The Hall–Kier alpha value is -3.27. The lowest BCUT2D eigenvalue weighted by atomic mass is 10.2. The van der Waals surface area contributed by atoms with Crippen molar-refractivity contribution in [3.8, 4) is 11.4 Å². The van der Waals surface area contributed by atoms with Crippen molar-refractivity contribution in [3.05, 3.63) is 84.7 Å². The summed E-state index contributed by atoms with van der Waals surface area (Å²) in [6.45, 7) is 0. The molecule has 0 saturated heterocycles. The Morgan fingerprint density at radius 2 is 1.42 bits per heavy atom. The maximum absolute atomic E-state index is 13.1. The predicted octanol–water partition coefficient (Wildman–Crippen LogP) is 5.18. The highest BCUT2D eigenvalue weighted by molar-refractivity contribution is 5.92. The first-order valence-electron chi connectivity index (χ1n) is 7.64. The van der Waals surface area contributed by atoms with Crippen molar-refractivity contribution in [1.29, 1.82) is 0 Å². The third-order valence-electron chi connectivity index (χ3n) is 3.74. The van der Waals surface area contributed by atoms with Crippen molar-refractivity contribution >= 4 is 22.4 Å². The molecule has 0 bridgehead atoms. The van der Waals surface area contributed by atoms with Crippen LogP contribution in [-0.2, 0) is 0 Å². The number of anilines is 2. The highest BCUT2D eigenvalue weighted by Crippen LogP contribution is 2.27. The number of nitrogens with zero attached hydrogens (tertiary/aromatic N) is 2. The summed E-state index contributed by atoms with van der Waals surface area (Å²) in [6.07, 6.45) is 0. The zero-order valence-corrected chi connectivity index (χ0v) is 12.8. The molecule has 0 radical (unpaired) electrons. The van der Waals surface area contributed by atoms with Gasteiger partial charge in [-0.2, -0.15) is 0 Å². The summed E-state index contributed by atoms with van der Waals surface area (Å²) in [4.78, 5) is 9.32. The molecule has 1 N–H and O–H groups in total. The first kappa shape index (κ1) is 14.3. The molecule has 0 saturated carbocycles. The average Bonchev–Trinajstić information content (AvgIpc) is 2.64. The molecular weight excluding hydrogens is 301 g/mol. The van der Waals surface area contributed by atoms with Crippen LogP contribution in [0.3, 0.4) is 0 Å². The minimum absolute atomic E-state index is 0.266. The molecule has 4 rings (SSSR count). The van der Waals surface area contributed by atoms with Crippen LogP contribution in [-0.4, -0.2) is 9.97 Å². The monoisotopic (exact) mass is 315 g/mol. The minimum Gasteiger partial charge on any atom is -0.340 e. The van der Waals surface area contributed by atoms with Crippen molar-refractivity contribution < 1.29 is 4.39 Å². The molecule has 0 spiro atoms. The summed E-state index contributed by atoms with van der Waals surface area (Å²) in [6, 6.07) is 23.9. The summed E-state index contributed by atoms with van der Waals surface area (Å²) in [7, 11) is 0. The van der Waals surface area contributed by atoms with Gasteiger partial charge in [-0.15, -0.1) is 0 Å². The minimum atomic E-state index is -0.266. The smallest absolute Gasteiger partial charge is 0.162 e. The highest BCUT2D eigenvalue weighted by Gasteiger charge is 2.09. The standard InChI is InChI=1S/C20H14FN3/c21-15-10-12-16(13-11-15)22-20-17-8-4-5-9-18(17)23-19(24-20)14-6-2-1-3-7-14/h1-13H,(H,22,23,24). The maximum Gasteiger partial charge on any atom is 0.162 e. The van der Waals surface area contributed by atoms with Crippen molar-refractivity contribution in [2.24, 2.45) is 0 Å². The average molecular weight is 315 g/mol. The van der Waals surface area contributed by atoms with E-state index >= 15 is 0 Å². The number of hydrogen-bond acceptors (Lipinski definition) is 3. The second-order valence-corrected chi connectivity index (χ2v) is 5.41. The van der Waals surface area contributed by atoms with Crippen LogP contribution in [0.25, 0.3) is 22.3 Å². The Morgan fingerprint density at radius 3 is 2.21 bits per heavy atom. The van der Waals surface area contributed by atoms with Gasteiger partial charge in [-0.3, -0.25) is 0 Å². The fourth-order valence-corrected chi connectivity index (χ4v) is 2.56. The van der Waals surface area contributed by atoms with E-state index in [1.807, 2.05) is 54.6 Å². The van der Waals surface area contributed by atoms with E-state index in [9.17, 15) is 4.39 Å². The third kappa shape index (κ3) is 2.82. The molecule has 3 aromatic carbocycles. The number of halogens is 1. The molecular formula is C20H14FN3. The molecule has 4 heteroatoms. The van der Waals surface area contributed by atoms with E-state index in [-0.39, 0.29) is 5.82 Å². The first-order valence-corrected chi connectivity index (χ1v) is 7.64. The third-order valence-corrected chi connectivity index (χ3v) is 3.74. The molecule has 0 aliphatic heterocycles. The second-order valence-electron chi connectivity index (χ2n) is 5.41. The van der Waals surface area contributed by atoms with E-state index in [1.165, 1.54) is 12.1 Å². The molecule has 3 nitrogen and oxygen atoms in total. The van der Waals surface area contributed by atoms with Crippen LogP contribution in [0.2, 0.25) is 0 Å². The zero-order chi connectivity index (χ0) is 16.4. The largest absolute Gasteiger partial charge is 0.340 e. The normalized spacial score (nSPS) is 10.7. The molecule has 0 amide bonds. The molecule has 0 aliphatic carbocycles. The molecule has 0 fully saturated rings. The summed E-state index contributed by atoms with van der Waals surface area (Å²) in [5, 5.41) is 4.18. The van der Waals surface area contributed by atoms with Crippen molar-refractivity contribution in [2.75, 3.05) is 5.32 Å². The quantitative estimate of drug-likeness (QED) is 0.566. The lowest BCUT2D eigenvalue weighted by molar-refractivity contribution is 0.628. The lowest BCUT2D eigenvalue weighted by Gasteiger charge is -2.11. The van der Waals surface area contributed by atoms with Gasteiger partial charge in [0.2, 0.25) is 0 Å². The van der Waals surface area contributed by atoms with Gasteiger partial charge in [-0.05, 0) is 36.4 Å². The number of aromatic nitrogens is 2. The Bertz CT molecular complexity index is 983. The van der Waals surface area contributed by atoms with Gasteiger partial charge < -0.3 is 5.32 Å². The van der Waals surface area contributed by atoms with Crippen molar-refractivity contribution in [2.45, 2.75) is 0 Å². The fourth-order valence-electron chi connectivity index (χ4n) is 2.56. The van der Waals surface area contributed by atoms with Crippen LogP contribution in [0, 0.1) is 5.82 Å². The van der Waals surface area contributed by atoms with Gasteiger partial charge in [-0.25, -0.2) is 14.4 Å². The summed E-state index contributed by atoms with van der Waals surface area (Å²) < 4.78 is 13.1. The summed E-state index contributed by atoms with van der Waals surface area (Å²) in [5.74, 6) is 1.09. The van der Waals surface area contributed by atoms with Gasteiger partial charge in [-0.1, -0.05) is 42.5 Å². The van der Waals surface area contributed by atoms with Gasteiger partial charge in [0.15, 0.2) is 5.82 Å². The zero-order valence-electron chi connectivity index (χ0n) is 12.8. The Morgan fingerprint density at radius 1 is 0.708 bits per heavy atom. The number of fused-ring (bicyclic) bond motifs is 1. The SMILES string of the molecule is Fc1ccc(Nc2nc(-c3ccccc3)nc3ccccc23)cc1. The Labute approximate surface area is 138 Å². The van der Waals surface area contributed by atoms with Gasteiger partial charge in [0.05, 0.1) is 5.52 Å². The second kappa shape index (κ2) is 6.08. The summed E-state index contributed by atoms with van der Waals surface area (Å²) >= 11 is 0. The number of benzene rings is 3. The molecule has 0 unspecified atom stereocenters. The molecule has 4 aromatic rings. The molecule has 24 heavy (non-hydrogen) atoms. The van der Waals surface area contributed by atoms with Crippen LogP contribution in [0.4, 0.5) is 15.9 Å². The van der Waals surface area contributed by atoms with E-state index in [0.29, 0.717) is 11.6 Å². The van der Waals surface area contributed by atoms with Crippen LogP contribution < -0.4 is 5.32 Å². The van der Waals surface area contributed by atoms with Crippen LogP contribution >= 0.6 is 0 Å². The number of rotatable bonds is 3. The molecule has 1 aromatic heterocycles. The van der Waals surface area contributed by atoms with Crippen LogP contribution in [0.15, 0.2) is 78.9 Å². The Kier molecular flexibility index (Phi) is 3.63. The predicted molar refractivity (Wildman–Crippen MR) is 94.7 cm³/mol. The number of nitrogens with one attached hydrogen (secondary N) is 1. The van der Waals surface area contributed by atoms with Crippen LogP contribution in [0.1, 0.15) is 0 Å². The Balaban J connectivity index is 1.85. The molecule has 1 heterocycles. The fraction of sp³-hybridized carbons (Fsp3) is 0. The van der Waals surface area contributed by atoms with E-state index in [1.54, 1.807) is 12.1 Å². The molecule has 116 valence electrons. The van der Waals surface area contributed by atoms with Gasteiger partial charge >= 0.3 is 0 Å². The van der Waals surface area contributed by atoms with Crippen molar-refractivity contribution in [3.63, 3.8) is 0 Å². The van der Waals surface area contributed by atoms with Gasteiger partial charge in [0.25, 0.3) is 0 Å². The maximum atomic E-state index is 13.1. The topological polar surface area (TPSA) is 37.8 Å². The van der Waals surface area contributed by atoms with E-state index < -0.39 is 0 Å². The summed E-state index contributed by atoms with van der Waals surface area (Å²) in [5.41, 5.74) is 2.58. The van der Waals surface area contributed by atoms with Crippen LogP contribution in [0.5, 0.6) is 0 Å². The highest BCUT2D eigenvalue weighted by atomic mass is 19.1. The first-order chi connectivity index (χ1) is 11.8. The van der Waals surface area contributed by atoms with Crippen molar-refractivity contribution in [1.82, 2.24) is 9.97 Å².